The Bertz CT molecular complexity index is 1070. The minimum Gasteiger partial charge on any atom is -0.287 e. The molecule has 0 bridgehead atoms. The largest absolute Gasteiger partial charge is 0.287 e. The van der Waals surface area contributed by atoms with Crippen LogP contribution < -0.4 is 4.72 Å². The summed E-state index contributed by atoms with van der Waals surface area (Å²) in [5, 5.41) is 0.937. The predicted octanol–water partition coefficient (Wildman–Crippen LogP) is 2.30. The molecular formula is C19H22N4O3S. The summed E-state index contributed by atoms with van der Waals surface area (Å²) >= 11 is 0. The van der Waals surface area contributed by atoms with Crippen LogP contribution in [0.4, 0.5) is 0 Å². The van der Waals surface area contributed by atoms with Crippen molar-refractivity contribution in [3.05, 3.63) is 54.5 Å². The molecule has 2 heterocycles. The van der Waals surface area contributed by atoms with Gasteiger partial charge in [-0.15, -0.1) is 0 Å². The molecule has 142 valence electrons. The molecule has 0 unspecified atom stereocenters. The van der Waals surface area contributed by atoms with Crippen LogP contribution in [0.5, 0.6) is 0 Å². The number of carbonyl (C=O) groups is 1. The van der Waals surface area contributed by atoms with E-state index in [1.807, 2.05) is 30.3 Å². The van der Waals surface area contributed by atoms with Crippen LogP contribution >= 0.6 is 0 Å². The molecule has 27 heavy (non-hydrogen) atoms. The van der Waals surface area contributed by atoms with Gasteiger partial charge in [-0.1, -0.05) is 12.1 Å². The highest BCUT2D eigenvalue weighted by molar-refractivity contribution is 7.87. The molecule has 0 saturated carbocycles. The number of hydrogen-bond donors (Lipinski definition) is 1. The number of carbonyl (C=O) groups excluding carboxylic acids is 1. The second-order valence-corrected chi connectivity index (χ2v) is 8.41. The van der Waals surface area contributed by atoms with Gasteiger partial charge in [0.2, 0.25) is 5.91 Å². The zero-order valence-corrected chi connectivity index (χ0v) is 16.3. The van der Waals surface area contributed by atoms with Crippen LogP contribution in [-0.4, -0.2) is 48.8 Å². The van der Waals surface area contributed by atoms with Crippen LogP contribution in [0, 0.1) is 0 Å². The first kappa shape index (κ1) is 19.2. The van der Waals surface area contributed by atoms with E-state index in [2.05, 4.69) is 9.71 Å². The van der Waals surface area contributed by atoms with Crippen LogP contribution in [0.15, 0.2) is 48.9 Å². The van der Waals surface area contributed by atoms with Crippen molar-refractivity contribution in [3.63, 3.8) is 0 Å². The number of nitrogens with one attached hydrogen (secondary N) is 1. The fraction of sp³-hybridized carbons (Fsp3) is 0.263. The Kier molecular flexibility index (Phi) is 5.41. The quantitative estimate of drug-likeness (QED) is 0.705. The van der Waals surface area contributed by atoms with Gasteiger partial charge in [-0.25, -0.2) is 4.72 Å². The Morgan fingerprint density at radius 1 is 1.15 bits per heavy atom. The summed E-state index contributed by atoms with van der Waals surface area (Å²) in [6, 6.07) is 9.77. The predicted molar refractivity (Wildman–Crippen MR) is 106 cm³/mol. The standard InChI is InChI=1S/C19H22N4O3S/c1-14(24)23-13-17(8-11-21-27(25,26)22(2)3)18-5-4-16(12-19(18)23)15-6-9-20-10-7-15/h4-7,9-10,12-13,21H,8,11H2,1-3H3. The van der Waals surface area contributed by atoms with Gasteiger partial charge in [0.15, 0.2) is 0 Å². The Balaban J connectivity index is 1.94. The molecule has 0 aliphatic rings. The summed E-state index contributed by atoms with van der Waals surface area (Å²) in [5.41, 5.74) is 3.74. The van der Waals surface area contributed by atoms with E-state index in [1.165, 1.54) is 21.0 Å². The zero-order chi connectivity index (χ0) is 19.6. The van der Waals surface area contributed by atoms with E-state index in [4.69, 9.17) is 0 Å². The van der Waals surface area contributed by atoms with Crippen LogP contribution in [-0.2, 0) is 16.6 Å². The lowest BCUT2D eigenvalue weighted by molar-refractivity contribution is 0.0941. The van der Waals surface area contributed by atoms with Crippen molar-refractivity contribution in [1.82, 2.24) is 18.6 Å². The molecule has 0 aliphatic heterocycles. The summed E-state index contributed by atoms with van der Waals surface area (Å²) in [6.07, 6.45) is 5.73. The molecule has 0 radical (unpaired) electrons. The van der Waals surface area contributed by atoms with Crippen LogP contribution in [0.1, 0.15) is 17.3 Å². The normalized spacial score (nSPS) is 12.0. The van der Waals surface area contributed by atoms with Gasteiger partial charge in [0.05, 0.1) is 5.52 Å². The summed E-state index contributed by atoms with van der Waals surface area (Å²) in [4.78, 5) is 16.1. The second kappa shape index (κ2) is 7.59. The van der Waals surface area contributed by atoms with Gasteiger partial charge in [0.25, 0.3) is 10.2 Å². The molecule has 3 rings (SSSR count). The maximum atomic E-state index is 12.1. The first-order chi connectivity index (χ1) is 12.8. The van der Waals surface area contributed by atoms with Crippen molar-refractivity contribution in [2.24, 2.45) is 0 Å². The number of fused-ring (bicyclic) bond motifs is 1. The molecule has 3 aromatic rings. The number of aromatic nitrogens is 2. The molecule has 8 heteroatoms. The van der Waals surface area contributed by atoms with Crippen molar-refractivity contribution < 1.29 is 13.2 Å². The molecule has 0 aliphatic carbocycles. The molecule has 1 N–H and O–H groups in total. The third-order valence-corrected chi connectivity index (χ3v) is 5.93. The van der Waals surface area contributed by atoms with Gasteiger partial charge < -0.3 is 0 Å². The Hall–Kier alpha value is -2.55. The second-order valence-electron chi connectivity index (χ2n) is 6.44. The Morgan fingerprint density at radius 3 is 2.48 bits per heavy atom. The maximum Gasteiger partial charge on any atom is 0.278 e. The highest BCUT2D eigenvalue weighted by atomic mass is 32.2. The smallest absolute Gasteiger partial charge is 0.278 e. The SMILES string of the molecule is CC(=O)n1cc(CCNS(=O)(=O)N(C)C)c2ccc(-c3ccncc3)cc21. The van der Waals surface area contributed by atoms with Crippen molar-refractivity contribution >= 4 is 27.0 Å². The monoisotopic (exact) mass is 386 g/mol. The minimum atomic E-state index is -3.47. The van der Waals surface area contributed by atoms with E-state index in [0.29, 0.717) is 6.42 Å². The fourth-order valence-electron chi connectivity index (χ4n) is 2.92. The van der Waals surface area contributed by atoms with Crippen molar-refractivity contribution in [2.75, 3.05) is 20.6 Å². The van der Waals surface area contributed by atoms with Crippen molar-refractivity contribution in [1.29, 1.82) is 0 Å². The lowest BCUT2D eigenvalue weighted by atomic mass is 10.0. The lowest BCUT2D eigenvalue weighted by Crippen LogP contribution is -2.36. The van der Waals surface area contributed by atoms with Crippen molar-refractivity contribution in [2.45, 2.75) is 13.3 Å². The summed E-state index contributed by atoms with van der Waals surface area (Å²) in [7, 11) is -0.517. The van der Waals surface area contributed by atoms with Crippen LogP contribution in [0.2, 0.25) is 0 Å². The molecule has 7 nitrogen and oxygen atoms in total. The van der Waals surface area contributed by atoms with E-state index in [0.717, 1.165) is 31.9 Å². The van der Waals surface area contributed by atoms with Gasteiger partial charge in [0, 0.05) is 51.5 Å². The highest BCUT2D eigenvalue weighted by Crippen LogP contribution is 2.28. The molecule has 0 atom stereocenters. The fourth-order valence-corrected chi connectivity index (χ4v) is 3.54. The molecule has 1 aromatic carbocycles. The zero-order valence-electron chi connectivity index (χ0n) is 15.5. The van der Waals surface area contributed by atoms with E-state index >= 15 is 0 Å². The average molecular weight is 386 g/mol. The minimum absolute atomic E-state index is 0.0907. The Morgan fingerprint density at radius 2 is 1.85 bits per heavy atom. The molecule has 0 fully saturated rings. The number of hydrogen-bond acceptors (Lipinski definition) is 4. The lowest BCUT2D eigenvalue weighted by Gasteiger charge is -2.11. The molecule has 0 saturated heterocycles. The average Bonchev–Trinajstić information content (AvgIpc) is 3.00. The van der Waals surface area contributed by atoms with E-state index in [-0.39, 0.29) is 12.5 Å². The molecule has 0 spiro atoms. The number of benzene rings is 1. The van der Waals surface area contributed by atoms with Gasteiger partial charge in [-0.05, 0) is 41.3 Å². The van der Waals surface area contributed by atoms with Crippen LogP contribution in [0.25, 0.3) is 22.0 Å². The first-order valence-corrected chi connectivity index (χ1v) is 9.96. The van der Waals surface area contributed by atoms with E-state index in [1.54, 1.807) is 23.2 Å². The van der Waals surface area contributed by atoms with Gasteiger partial charge in [0.1, 0.15) is 0 Å². The van der Waals surface area contributed by atoms with Crippen molar-refractivity contribution in [3.8, 4) is 11.1 Å². The van der Waals surface area contributed by atoms with Gasteiger partial charge in [-0.3, -0.25) is 14.3 Å². The third kappa shape index (κ3) is 4.08. The van der Waals surface area contributed by atoms with Gasteiger partial charge >= 0.3 is 0 Å². The van der Waals surface area contributed by atoms with Crippen LogP contribution in [0.3, 0.4) is 0 Å². The molecule has 0 amide bonds. The van der Waals surface area contributed by atoms with Gasteiger partial charge in [-0.2, -0.15) is 12.7 Å². The highest BCUT2D eigenvalue weighted by Gasteiger charge is 2.15. The van der Waals surface area contributed by atoms with E-state index < -0.39 is 10.2 Å². The summed E-state index contributed by atoms with van der Waals surface area (Å²) < 4.78 is 29.0. The Labute approximate surface area is 158 Å². The summed E-state index contributed by atoms with van der Waals surface area (Å²) in [5.74, 6) is -0.0907. The first-order valence-electron chi connectivity index (χ1n) is 8.52. The molecular weight excluding hydrogens is 364 g/mol. The number of rotatable bonds is 6. The summed E-state index contributed by atoms with van der Waals surface area (Å²) in [6.45, 7) is 1.76. The maximum absolute atomic E-state index is 12.1. The topological polar surface area (TPSA) is 84.3 Å². The van der Waals surface area contributed by atoms with E-state index in [9.17, 15) is 13.2 Å². The number of pyridine rings is 1. The third-order valence-electron chi connectivity index (χ3n) is 4.40. The number of nitrogens with zero attached hydrogens (tertiary/aromatic N) is 3. The molecule has 2 aromatic heterocycles.